The summed E-state index contributed by atoms with van der Waals surface area (Å²) in [5, 5.41) is 35.6. The number of hydrogen-bond acceptors (Lipinski definition) is 15. The zero-order chi connectivity index (χ0) is 53.3. The molecule has 0 aromatic carbocycles. The van der Waals surface area contributed by atoms with Gasteiger partial charge >= 0.3 is 11.9 Å². The molecule has 4 rings (SSSR count). The standard InChI is InChI=1S/C56H89NO15/c1-34-18-13-12-14-19-35(2)46(67-9)32-42-24-22-40(7)56(65,72-42)53(62)54(63)57-26-16-15-20-43(57)55(64)71-47(37(4)29-39(6)51(61)52(69-11)50(60)38(5)28-34)33-44(58)36(3)30-41-23-25-45(48(31-41)68-10)70-49(59)21-17-27-66-8/h12-14,18-19,29,34,36-38,40-48,51-52,58,61,65H,15-17,20-28,30-33H2,1-11H3/b14-12+,18-13+,35-19+,39-29+/t34-,36-,37-,38-,40-,41+,42+,43+,44+,45-,46+,47-,48-,51-,52+,56-/m1/s1. The van der Waals surface area contributed by atoms with Crippen molar-refractivity contribution in [1.29, 1.82) is 0 Å². The highest BCUT2D eigenvalue weighted by atomic mass is 16.6. The predicted octanol–water partition coefficient (Wildman–Crippen LogP) is 6.95. The highest BCUT2D eigenvalue weighted by Gasteiger charge is 2.53. The van der Waals surface area contributed by atoms with Crippen LogP contribution >= 0.6 is 0 Å². The first-order valence-corrected chi connectivity index (χ1v) is 26.5. The number of Topliss-reactive ketones (excluding diaryl/α,β-unsaturated/α-hetero) is 2. The molecule has 1 aliphatic carbocycles. The lowest BCUT2D eigenvalue weighted by molar-refractivity contribution is -0.265. The summed E-state index contributed by atoms with van der Waals surface area (Å²) < 4.78 is 40.7. The van der Waals surface area contributed by atoms with Crippen molar-refractivity contribution < 1.29 is 72.5 Å². The Hall–Kier alpha value is -3.61. The van der Waals surface area contributed by atoms with Crippen LogP contribution in [0, 0.1) is 35.5 Å². The van der Waals surface area contributed by atoms with Crippen LogP contribution in [0.25, 0.3) is 0 Å². The number of fused-ring (bicyclic) bond motifs is 3. The molecule has 0 aromatic heterocycles. The molecule has 408 valence electrons. The van der Waals surface area contributed by atoms with Crippen LogP contribution < -0.4 is 0 Å². The molecule has 16 nitrogen and oxygen atoms in total. The van der Waals surface area contributed by atoms with Crippen molar-refractivity contribution in [2.45, 2.75) is 199 Å². The number of amides is 1. The zero-order valence-electron chi connectivity index (χ0n) is 45.1. The molecular weight excluding hydrogens is 927 g/mol. The molecule has 3 aliphatic heterocycles. The van der Waals surface area contributed by atoms with E-state index < -0.39 is 83.9 Å². The number of methoxy groups -OCH3 is 4. The fourth-order valence-electron chi connectivity index (χ4n) is 11.0. The van der Waals surface area contributed by atoms with Gasteiger partial charge in [0.1, 0.15) is 30.5 Å². The smallest absolute Gasteiger partial charge is 0.329 e. The molecule has 0 radical (unpaired) electrons. The van der Waals surface area contributed by atoms with Crippen molar-refractivity contribution in [3.8, 4) is 0 Å². The van der Waals surface area contributed by atoms with Gasteiger partial charge < -0.3 is 53.4 Å². The van der Waals surface area contributed by atoms with E-state index in [1.54, 1.807) is 48.2 Å². The molecule has 0 aromatic rings. The summed E-state index contributed by atoms with van der Waals surface area (Å²) in [6.07, 6.45) is 11.6. The van der Waals surface area contributed by atoms with Gasteiger partial charge in [-0.2, -0.15) is 0 Å². The van der Waals surface area contributed by atoms with E-state index >= 15 is 0 Å². The van der Waals surface area contributed by atoms with Gasteiger partial charge in [-0.3, -0.25) is 19.2 Å². The number of nitrogens with zero attached hydrogens (tertiary/aromatic N) is 1. The number of esters is 2. The van der Waals surface area contributed by atoms with E-state index in [1.165, 1.54) is 12.0 Å². The molecule has 72 heavy (non-hydrogen) atoms. The average Bonchev–Trinajstić information content (AvgIpc) is 3.35. The fraction of sp³-hybridized carbons (Fsp3) is 0.768. The summed E-state index contributed by atoms with van der Waals surface area (Å²) >= 11 is 0. The molecule has 1 amide bonds. The third kappa shape index (κ3) is 17.0. The van der Waals surface area contributed by atoms with E-state index in [-0.39, 0.29) is 67.5 Å². The van der Waals surface area contributed by atoms with Gasteiger partial charge in [0, 0.05) is 78.6 Å². The number of hydrogen-bond donors (Lipinski definition) is 3. The minimum Gasteiger partial charge on any atom is -0.460 e. The van der Waals surface area contributed by atoms with Crippen LogP contribution in [-0.4, -0.2) is 152 Å². The number of allylic oxidation sites excluding steroid dienone is 5. The van der Waals surface area contributed by atoms with Crippen LogP contribution in [0.4, 0.5) is 0 Å². The Labute approximate surface area is 429 Å². The van der Waals surface area contributed by atoms with Gasteiger partial charge in [0.15, 0.2) is 5.78 Å². The van der Waals surface area contributed by atoms with Crippen molar-refractivity contribution in [3.05, 3.63) is 47.6 Å². The number of cyclic esters (lactones) is 1. The molecule has 2 bridgehead atoms. The lowest BCUT2D eigenvalue weighted by Gasteiger charge is -2.42. The number of ketones is 2. The number of rotatable bonds is 13. The molecule has 3 fully saturated rings. The van der Waals surface area contributed by atoms with Crippen LogP contribution in [0.1, 0.15) is 138 Å². The molecule has 16 atom stereocenters. The van der Waals surface area contributed by atoms with Crippen LogP contribution in [0.3, 0.4) is 0 Å². The van der Waals surface area contributed by atoms with E-state index in [1.807, 2.05) is 58.1 Å². The number of piperidine rings is 1. The van der Waals surface area contributed by atoms with Gasteiger partial charge in [0.2, 0.25) is 5.79 Å². The van der Waals surface area contributed by atoms with Gasteiger partial charge in [-0.15, -0.1) is 0 Å². The molecule has 16 heteroatoms. The highest BCUT2D eigenvalue weighted by Crippen LogP contribution is 2.38. The molecular formula is C56H89NO15. The quantitative estimate of drug-likeness (QED) is 0.0737. The number of aliphatic hydroxyl groups excluding tert-OH is 2. The summed E-state index contributed by atoms with van der Waals surface area (Å²) in [4.78, 5) is 70.8. The predicted molar refractivity (Wildman–Crippen MR) is 271 cm³/mol. The van der Waals surface area contributed by atoms with Crippen molar-refractivity contribution in [1.82, 2.24) is 4.90 Å². The van der Waals surface area contributed by atoms with Gasteiger partial charge in [-0.25, -0.2) is 4.79 Å². The summed E-state index contributed by atoms with van der Waals surface area (Å²) in [5.74, 6) is -7.87. The minimum absolute atomic E-state index is 0.0103. The van der Waals surface area contributed by atoms with Gasteiger partial charge in [-0.05, 0) is 113 Å². The number of carbonyl (C=O) groups excluding carboxylic acids is 5. The van der Waals surface area contributed by atoms with E-state index in [2.05, 4.69) is 0 Å². The van der Waals surface area contributed by atoms with Crippen LogP contribution in [0.5, 0.6) is 0 Å². The van der Waals surface area contributed by atoms with E-state index in [0.29, 0.717) is 76.4 Å². The van der Waals surface area contributed by atoms with Crippen molar-refractivity contribution >= 4 is 29.4 Å². The maximum atomic E-state index is 14.5. The average molecular weight is 1020 g/mol. The maximum Gasteiger partial charge on any atom is 0.329 e. The summed E-state index contributed by atoms with van der Waals surface area (Å²) in [6, 6.07) is -1.17. The molecule has 0 unspecified atom stereocenters. The summed E-state index contributed by atoms with van der Waals surface area (Å²) in [7, 11) is 6.15. The Balaban J connectivity index is 1.65. The van der Waals surface area contributed by atoms with Crippen molar-refractivity contribution in [2.24, 2.45) is 35.5 Å². The van der Waals surface area contributed by atoms with Gasteiger partial charge in [-0.1, -0.05) is 71.1 Å². The second-order valence-electron chi connectivity index (χ2n) is 21.4. The van der Waals surface area contributed by atoms with Gasteiger partial charge in [0.25, 0.3) is 11.7 Å². The molecule has 0 spiro atoms. The molecule has 3 heterocycles. The number of ether oxygens (including phenoxy) is 7. The van der Waals surface area contributed by atoms with Crippen LogP contribution in [0.15, 0.2) is 47.6 Å². The lowest BCUT2D eigenvalue weighted by Crippen LogP contribution is -2.61. The van der Waals surface area contributed by atoms with E-state index in [9.17, 15) is 39.3 Å². The third-order valence-electron chi connectivity index (χ3n) is 15.7. The van der Waals surface area contributed by atoms with E-state index in [4.69, 9.17) is 33.2 Å². The molecule has 4 aliphatic rings. The van der Waals surface area contributed by atoms with E-state index in [0.717, 1.165) is 12.0 Å². The normalized spacial score (nSPS) is 37.6. The second kappa shape index (κ2) is 29.5. The Bertz CT molecular complexity index is 1900. The highest BCUT2D eigenvalue weighted by molar-refractivity contribution is 6.39. The van der Waals surface area contributed by atoms with Crippen LogP contribution in [0.2, 0.25) is 0 Å². The second-order valence-corrected chi connectivity index (χ2v) is 21.4. The monoisotopic (exact) mass is 1020 g/mol. The topological polar surface area (TPSA) is 214 Å². The number of aliphatic hydroxyl groups is 3. The Kier molecular flexibility index (Phi) is 24.9. The van der Waals surface area contributed by atoms with Crippen molar-refractivity contribution in [2.75, 3.05) is 41.6 Å². The largest absolute Gasteiger partial charge is 0.460 e. The first-order valence-electron chi connectivity index (χ1n) is 26.5. The van der Waals surface area contributed by atoms with Crippen molar-refractivity contribution in [3.63, 3.8) is 0 Å². The van der Waals surface area contributed by atoms with Crippen LogP contribution in [-0.2, 0) is 57.1 Å². The third-order valence-corrected chi connectivity index (χ3v) is 15.7. The molecule has 3 N–H and O–H groups in total. The molecule has 1 saturated carbocycles. The first kappa shape index (κ1) is 60.9. The lowest BCUT2D eigenvalue weighted by atomic mass is 9.78. The Morgan fingerprint density at radius 2 is 1.60 bits per heavy atom. The SMILES string of the molecule is COCCCC(=O)O[C@@H]1CC[C@@H](C[C@@H](C)[C@@H](O)C[C@H]2OC(=O)[C@@H]3CCCCN3C(=O)C(=O)[C@]3(O)O[C@@H](CC[C@H]3C)C[C@H](OC)/C(C)=C/C=C/C=C/[C@@H](C)C[C@@H](C)C(=O)[C@H](OC)[C@H](O)/C(C)=C/[C@H]2C)C[C@H]1OC. The molecule has 2 saturated heterocycles. The minimum atomic E-state index is -2.44. The summed E-state index contributed by atoms with van der Waals surface area (Å²) in [6.45, 7) is 13.4. The summed E-state index contributed by atoms with van der Waals surface area (Å²) in [5.41, 5.74) is 1.29. The fourth-order valence-corrected chi connectivity index (χ4v) is 11.0. The Morgan fingerprint density at radius 3 is 2.28 bits per heavy atom. The maximum absolute atomic E-state index is 14.5. The Morgan fingerprint density at radius 1 is 0.861 bits per heavy atom. The van der Waals surface area contributed by atoms with Gasteiger partial charge in [0.05, 0.1) is 24.4 Å². The first-order chi connectivity index (χ1) is 34.2. The number of carbonyl (C=O) groups is 5. The zero-order valence-corrected chi connectivity index (χ0v) is 45.1.